The van der Waals surface area contributed by atoms with Crippen LogP contribution in [0.1, 0.15) is 22.3 Å². The third kappa shape index (κ3) is 3.03. The lowest BCUT2D eigenvalue weighted by Crippen LogP contribution is -1.98. The smallest absolute Gasteiger partial charge is 0.0400 e. The predicted octanol–water partition coefficient (Wildman–Crippen LogP) is 8.32. The highest BCUT2D eigenvalue weighted by atomic mass is 14.6. The number of hydrogen-bond donors (Lipinski definition) is 2. The minimum absolute atomic E-state index is 0.794. The summed E-state index contributed by atoms with van der Waals surface area (Å²) in [7, 11) is 0. The molecule has 166 valence electrons. The summed E-state index contributed by atoms with van der Waals surface area (Å²) in [5.74, 6) is 0. The van der Waals surface area contributed by atoms with Crippen molar-refractivity contribution < 1.29 is 0 Å². The van der Waals surface area contributed by atoms with E-state index in [-0.39, 0.29) is 0 Å². The molecule has 2 nitrogen and oxygen atoms in total. The molecule has 0 heterocycles. The van der Waals surface area contributed by atoms with Crippen molar-refractivity contribution >= 4 is 43.7 Å². The molecule has 0 aliphatic rings. The van der Waals surface area contributed by atoms with Crippen LogP contribution < -0.4 is 11.5 Å². The van der Waals surface area contributed by atoms with Gasteiger partial charge in [0.2, 0.25) is 0 Å². The van der Waals surface area contributed by atoms with Crippen molar-refractivity contribution in [3.63, 3.8) is 0 Å². The van der Waals surface area contributed by atoms with Gasteiger partial charge in [0.15, 0.2) is 0 Å². The van der Waals surface area contributed by atoms with Crippen LogP contribution in [0.15, 0.2) is 72.8 Å². The van der Waals surface area contributed by atoms with Gasteiger partial charge in [0.25, 0.3) is 0 Å². The number of aryl methyl sites for hydroxylation is 4. The number of nitrogens with two attached hydrogens (primary N) is 2. The molecule has 6 rings (SSSR count). The topological polar surface area (TPSA) is 52.0 Å². The summed E-state index contributed by atoms with van der Waals surface area (Å²) in [6, 6.07) is 26.4. The Bertz CT molecular complexity index is 1720. The maximum atomic E-state index is 6.72. The van der Waals surface area contributed by atoms with Crippen LogP contribution in [0.2, 0.25) is 0 Å². The van der Waals surface area contributed by atoms with Gasteiger partial charge in [-0.2, -0.15) is 0 Å². The number of anilines is 2. The Kier molecular flexibility index (Phi) is 4.37. The molecular formula is C32H28N2. The molecule has 6 aromatic rings. The van der Waals surface area contributed by atoms with Crippen molar-refractivity contribution in [1.82, 2.24) is 0 Å². The van der Waals surface area contributed by atoms with E-state index >= 15 is 0 Å². The SMILES string of the molecule is Cc1cc(C)cc(-c2cc(N)c3ccc4ccc(N)c5cc(-c6cc(C)cc(C)c6)c2c3c45)c1. The molecule has 0 fully saturated rings. The first kappa shape index (κ1) is 20.6. The average Bonchev–Trinajstić information content (AvgIpc) is 2.78. The Morgan fingerprint density at radius 2 is 0.971 bits per heavy atom. The monoisotopic (exact) mass is 440 g/mol. The van der Waals surface area contributed by atoms with Crippen LogP contribution in [0, 0.1) is 27.7 Å². The molecule has 0 spiro atoms. The maximum absolute atomic E-state index is 6.72. The standard InChI is InChI=1S/C32H28N2/c1-17-9-18(2)12-22(11-17)25-15-27-28(33)8-6-21-5-7-24-29(34)16-26(31(25)32(24)30(21)27)23-13-19(3)10-20(4)14-23/h5-16H,33-34H2,1-4H3. The van der Waals surface area contributed by atoms with E-state index in [1.54, 1.807) is 0 Å². The molecule has 0 aliphatic carbocycles. The molecule has 34 heavy (non-hydrogen) atoms. The van der Waals surface area contributed by atoms with Crippen molar-refractivity contribution in [3.8, 4) is 22.3 Å². The third-order valence-corrected chi connectivity index (χ3v) is 7.01. The summed E-state index contributed by atoms with van der Waals surface area (Å²) in [6.45, 7) is 8.63. The van der Waals surface area contributed by atoms with Gasteiger partial charge in [-0.3, -0.25) is 0 Å². The van der Waals surface area contributed by atoms with Crippen LogP contribution in [-0.2, 0) is 0 Å². The summed E-state index contributed by atoms with van der Waals surface area (Å²) in [5.41, 5.74) is 24.6. The molecule has 0 aromatic heterocycles. The van der Waals surface area contributed by atoms with Crippen molar-refractivity contribution in [2.24, 2.45) is 0 Å². The lowest BCUT2D eigenvalue weighted by Gasteiger charge is -2.21. The second-order valence-corrected chi connectivity index (χ2v) is 9.85. The van der Waals surface area contributed by atoms with Crippen molar-refractivity contribution in [3.05, 3.63) is 95.1 Å². The summed E-state index contributed by atoms with van der Waals surface area (Å²) in [6.07, 6.45) is 0. The van der Waals surface area contributed by atoms with Crippen LogP contribution in [-0.4, -0.2) is 0 Å². The van der Waals surface area contributed by atoms with Gasteiger partial charge >= 0.3 is 0 Å². The number of nitrogen functional groups attached to an aromatic ring is 2. The van der Waals surface area contributed by atoms with E-state index in [1.807, 2.05) is 6.07 Å². The molecule has 0 saturated heterocycles. The summed E-state index contributed by atoms with van der Waals surface area (Å²) < 4.78 is 0. The van der Waals surface area contributed by atoms with E-state index in [9.17, 15) is 0 Å². The molecule has 0 saturated carbocycles. The minimum Gasteiger partial charge on any atom is -0.398 e. The first-order valence-electron chi connectivity index (χ1n) is 11.8. The first-order valence-corrected chi connectivity index (χ1v) is 11.8. The average molecular weight is 441 g/mol. The molecule has 0 unspecified atom stereocenters. The Morgan fingerprint density at radius 1 is 0.441 bits per heavy atom. The van der Waals surface area contributed by atoms with E-state index in [0.717, 1.165) is 22.1 Å². The fourth-order valence-electron chi connectivity index (χ4n) is 5.77. The first-order chi connectivity index (χ1) is 16.3. The predicted molar refractivity (Wildman–Crippen MR) is 149 cm³/mol. The highest BCUT2D eigenvalue weighted by Gasteiger charge is 2.20. The van der Waals surface area contributed by atoms with Gasteiger partial charge in [-0.25, -0.2) is 0 Å². The second-order valence-electron chi connectivity index (χ2n) is 9.85. The minimum atomic E-state index is 0.794. The lowest BCUT2D eigenvalue weighted by molar-refractivity contribution is 1.38. The fourth-order valence-corrected chi connectivity index (χ4v) is 5.77. The second kappa shape index (κ2) is 7.23. The maximum Gasteiger partial charge on any atom is 0.0400 e. The molecule has 4 N–H and O–H groups in total. The Hall–Kier alpha value is -4.04. The molecule has 6 aromatic carbocycles. The molecule has 0 aliphatic heterocycles. The molecule has 0 bridgehead atoms. The van der Waals surface area contributed by atoms with Crippen LogP contribution >= 0.6 is 0 Å². The summed E-state index contributed by atoms with van der Waals surface area (Å²) in [4.78, 5) is 0. The zero-order valence-electron chi connectivity index (χ0n) is 20.1. The van der Waals surface area contributed by atoms with Crippen LogP contribution in [0.3, 0.4) is 0 Å². The molecule has 0 atom stereocenters. The van der Waals surface area contributed by atoms with Crippen LogP contribution in [0.5, 0.6) is 0 Å². The van der Waals surface area contributed by atoms with E-state index in [0.29, 0.717) is 0 Å². The number of hydrogen-bond acceptors (Lipinski definition) is 2. The van der Waals surface area contributed by atoms with E-state index in [2.05, 4.69) is 94.4 Å². The summed E-state index contributed by atoms with van der Waals surface area (Å²) >= 11 is 0. The van der Waals surface area contributed by atoms with Gasteiger partial charge in [-0.05, 0) is 84.3 Å². The molecule has 0 amide bonds. The highest BCUT2D eigenvalue weighted by Crippen LogP contribution is 2.48. The quantitative estimate of drug-likeness (QED) is 0.210. The Labute approximate surface area is 200 Å². The Morgan fingerprint density at radius 3 is 1.56 bits per heavy atom. The van der Waals surface area contributed by atoms with Crippen LogP contribution in [0.25, 0.3) is 54.6 Å². The normalized spacial score (nSPS) is 11.8. The van der Waals surface area contributed by atoms with Gasteiger partial charge in [-0.1, -0.05) is 76.9 Å². The van der Waals surface area contributed by atoms with Crippen LogP contribution in [0.4, 0.5) is 11.4 Å². The fraction of sp³-hybridized carbons (Fsp3) is 0.125. The zero-order valence-corrected chi connectivity index (χ0v) is 20.1. The van der Waals surface area contributed by atoms with E-state index in [1.165, 1.54) is 66.1 Å². The van der Waals surface area contributed by atoms with Gasteiger partial charge in [0.1, 0.15) is 0 Å². The number of benzene rings is 6. The van der Waals surface area contributed by atoms with E-state index in [4.69, 9.17) is 11.5 Å². The lowest BCUT2D eigenvalue weighted by atomic mass is 9.83. The highest BCUT2D eigenvalue weighted by molar-refractivity contribution is 6.32. The van der Waals surface area contributed by atoms with Gasteiger partial charge in [0.05, 0.1) is 0 Å². The van der Waals surface area contributed by atoms with Gasteiger partial charge in [0, 0.05) is 27.5 Å². The van der Waals surface area contributed by atoms with E-state index < -0.39 is 0 Å². The van der Waals surface area contributed by atoms with Crippen molar-refractivity contribution in [2.45, 2.75) is 27.7 Å². The molecular weight excluding hydrogens is 412 g/mol. The largest absolute Gasteiger partial charge is 0.398 e. The zero-order chi connectivity index (χ0) is 23.7. The Balaban J connectivity index is 1.91. The van der Waals surface area contributed by atoms with Gasteiger partial charge in [-0.15, -0.1) is 0 Å². The van der Waals surface area contributed by atoms with Gasteiger partial charge < -0.3 is 11.5 Å². The molecule has 2 heteroatoms. The van der Waals surface area contributed by atoms with Crippen molar-refractivity contribution in [1.29, 1.82) is 0 Å². The van der Waals surface area contributed by atoms with Crippen molar-refractivity contribution in [2.75, 3.05) is 11.5 Å². The summed E-state index contributed by atoms with van der Waals surface area (Å²) in [5, 5.41) is 6.98. The number of rotatable bonds is 2. The third-order valence-electron chi connectivity index (χ3n) is 7.01. The molecule has 0 radical (unpaired) electrons.